The maximum absolute atomic E-state index is 12.6. The normalized spacial score (nSPS) is 17.8. The van der Waals surface area contributed by atoms with Crippen molar-refractivity contribution in [3.8, 4) is 0 Å². The van der Waals surface area contributed by atoms with Gasteiger partial charge in [0, 0.05) is 0 Å². The monoisotopic (exact) mass is 464 g/mol. The molecule has 0 heterocycles. The number of carbonyl (C=O) groups excluding carboxylic acids is 2. The van der Waals surface area contributed by atoms with E-state index in [9.17, 15) is 9.59 Å². The molecule has 0 saturated heterocycles. The Kier molecular flexibility index (Phi) is 19.1. The molecule has 0 aromatic carbocycles. The van der Waals surface area contributed by atoms with Crippen LogP contribution in [0.25, 0.3) is 0 Å². The molecular weight excluding hydrogens is 412 g/mol. The topological polar surface area (TPSA) is 52.6 Å². The van der Waals surface area contributed by atoms with E-state index in [2.05, 4.69) is 13.8 Å². The average molecular weight is 465 g/mol. The molecule has 2 atom stereocenters. The molecule has 0 bridgehead atoms. The highest BCUT2D eigenvalue weighted by molar-refractivity contribution is 5.82. The molecular formula is C29H52O4. The second-order valence-electron chi connectivity index (χ2n) is 9.79. The van der Waals surface area contributed by atoms with Gasteiger partial charge in [-0.2, -0.15) is 0 Å². The van der Waals surface area contributed by atoms with Crippen LogP contribution in [0, 0.1) is 11.8 Å². The predicted octanol–water partition coefficient (Wildman–Crippen LogP) is 8.33. The van der Waals surface area contributed by atoms with Gasteiger partial charge < -0.3 is 9.47 Å². The molecule has 0 aromatic rings. The summed E-state index contributed by atoms with van der Waals surface area (Å²) in [6, 6.07) is 0. The molecule has 0 N–H and O–H groups in total. The molecule has 4 nitrogen and oxygen atoms in total. The summed E-state index contributed by atoms with van der Waals surface area (Å²) in [4.78, 5) is 25.2. The highest BCUT2D eigenvalue weighted by atomic mass is 16.5. The number of ether oxygens (including phenoxy) is 2. The molecule has 1 rings (SSSR count). The van der Waals surface area contributed by atoms with Gasteiger partial charge in [0.05, 0.1) is 25.0 Å². The lowest BCUT2D eigenvalue weighted by molar-refractivity contribution is -0.161. The number of allylic oxidation sites excluding steroid dienone is 2. The fraction of sp³-hybridized carbons (Fsp3) is 0.862. The molecule has 192 valence electrons. The lowest BCUT2D eigenvalue weighted by Crippen LogP contribution is -2.34. The smallest absolute Gasteiger partial charge is 0.310 e. The van der Waals surface area contributed by atoms with Crippen LogP contribution in [-0.2, 0) is 19.1 Å². The van der Waals surface area contributed by atoms with Crippen molar-refractivity contribution < 1.29 is 19.1 Å². The fourth-order valence-corrected chi connectivity index (χ4v) is 4.54. The summed E-state index contributed by atoms with van der Waals surface area (Å²) in [5, 5.41) is 0. The highest BCUT2D eigenvalue weighted by Crippen LogP contribution is 2.28. The van der Waals surface area contributed by atoms with Crippen molar-refractivity contribution in [2.24, 2.45) is 11.8 Å². The summed E-state index contributed by atoms with van der Waals surface area (Å²) in [5.74, 6) is -1.24. The summed E-state index contributed by atoms with van der Waals surface area (Å²) >= 11 is 0. The van der Waals surface area contributed by atoms with Crippen LogP contribution in [0.1, 0.15) is 136 Å². The van der Waals surface area contributed by atoms with Crippen molar-refractivity contribution in [1.29, 1.82) is 0 Å². The average Bonchev–Trinajstić information content (AvgIpc) is 2.84. The Labute approximate surface area is 204 Å². The third kappa shape index (κ3) is 15.2. The quantitative estimate of drug-likeness (QED) is 0.0973. The standard InChI is InChI=1S/C29H52O4/c1-3-5-7-9-11-12-13-14-15-17-21-25-33-29(31)27-23-19-18-22-26(27)28(30)32-24-20-16-10-8-6-4-2/h18-19,26-27H,3-17,20-25H2,1-2H3. The zero-order valence-corrected chi connectivity index (χ0v) is 21.8. The minimum absolute atomic E-state index is 0.229. The number of esters is 2. The van der Waals surface area contributed by atoms with Gasteiger partial charge in [0.25, 0.3) is 0 Å². The molecule has 2 unspecified atom stereocenters. The Bertz CT molecular complexity index is 514. The zero-order valence-electron chi connectivity index (χ0n) is 21.8. The van der Waals surface area contributed by atoms with Crippen LogP contribution in [-0.4, -0.2) is 25.2 Å². The Morgan fingerprint density at radius 2 is 0.848 bits per heavy atom. The van der Waals surface area contributed by atoms with E-state index in [0.717, 1.165) is 25.7 Å². The van der Waals surface area contributed by atoms with E-state index >= 15 is 0 Å². The van der Waals surface area contributed by atoms with Crippen LogP contribution in [0.2, 0.25) is 0 Å². The van der Waals surface area contributed by atoms with Gasteiger partial charge in [0.2, 0.25) is 0 Å². The van der Waals surface area contributed by atoms with Crippen molar-refractivity contribution in [1.82, 2.24) is 0 Å². The van der Waals surface area contributed by atoms with E-state index in [0.29, 0.717) is 26.1 Å². The van der Waals surface area contributed by atoms with Crippen LogP contribution in [0.3, 0.4) is 0 Å². The second kappa shape index (κ2) is 21.2. The maximum atomic E-state index is 12.6. The third-order valence-electron chi connectivity index (χ3n) is 6.77. The lowest BCUT2D eigenvalue weighted by atomic mass is 9.83. The summed E-state index contributed by atoms with van der Waals surface area (Å²) in [5.41, 5.74) is 0. The Balaban J connectivity index is 2.11. The van der Waals surface area contributed by atoms with Crippen molar-refractivity contribution in [2.75, 3.05) is 13.2 Å². The molecule has 0 fully saturated rings. The predicted molar refractivity (Wildman–Crippen MR) is 137 cm³/mol. The first-order valence-electron chi connectivity index (χ1n) is 14.2. The van der Waals surface area contributed by atoms with Crippen molar-refractivity contribution >= 4 is 11.9 Å². The van der Waals surface area contributed by atoms with E-state index in [1.165, 1.54) is 83.5 Å². The molecule has 1 aliphatic rings. The van der Waals surface area contributed by atoms with E-state index in [-0.39, 0.29) is 23.8 Å². The molecule has 4 heteroatoms. The number of unbranched alkanes of at least 4 members (excludes halogenated alkanes) is 15. The fourth-order valence-electron chi connectivity index (χ4n) is 4.54. The van der Waals surface area contributed by atoms with Crippen molar-refractivity contribution in [3.05, 3.63) is 12.2 Å². The van der Waals surface area contributed by atoms with Gasteiger partial charge in [0.1, 0.15) is 0 Å². The van der Waals surface area contributed by atoms with Gasteiger partial charge in [-0.3, -0.25) is 9.59 Å². The van der Waals surface area contributed by atoms with Crippen molar-refractivity contribution in [3.63, 3.8) is 0 Å². The molecule has 1 aliphatic carbocycles. The number of rotatable bonds is 21. The molecule has 33 heavy (non-hydrogen) atoms. The number of hydrogen-bond acceptors (Lipinski definition) is 4. The first-order valence-corrected chi connectivity index (χ1v) is 14.2. The largest absolute Gasteiger partial charge is 0.465 e. The van der Waals surface area contributed by atoms with Gasteiger partial charge in [-0.1, -0.05) is 122 Å². The lowest BCUT2D eigenvalue weighted by Gasteiger charge is -2.25. The zero-order chi connectivity index (χ0) is 24.0. The van der Waals surface area contributed by atoms with Crippen LogP contribution in [0.15, 0.2) is 12.2 Å². The van der Waals surface area contributed by atoms with Crippen LogP contribution in [0.5, 0.6) is 0 Å². The molecule has 0 aromatic heterocycles. The van der Waals surface area contributed by atoms with Gasteiger partial charge in [-0.25, -0.2) is 0 Å². The van der Waals surface area contributed by atoms with E-state index < -0.39 is 0 Å². The van der Waals surface area contributed by atoms with Crippen LogP contribution in [0.4, 0.5) is 0 Å². The van der Waals surface area contributed by atoms with Gasteiger partial charge in [0.15, 0.2) is 0 Å². The third-order valence-corrected chi connectivity index (χ3v) is 6.77. The number of carbonyl (C=O) groups is 2. The summed E-state index contributed by atoms with van der Waals surface area (Å²) in [7, 11) is 0. The molecule has 0 saturated carbocycles. The van der Waals surface area contributed by atoms with E-state index in [4.69, 9.17) is 9.47 Å². The maximum Gasteiger partial charge on any atom is 0.310 e. The van der Waals surface area contributed by atoms with Crippen molar-refractivity contribution in [2.45, 2.75) is 136 Å². The molecule has 0 spiro atoms. The Morgan fingerprint density at radius 1 is 0.545 bits per heavy atom. The number of hydrogen-bond donors (Lipinski definition) is 0. The molecule has 0 radical (unpaired) electrons. The van der Waals surface area contributed by atoms with E-state index in [1.807, 2.05) is 12.2 Å². The first kappa shape index (κ1) is 29.7. The Morgan fingerprint density at radius 3 is 1.18 bits per heavy atom. The minimum Gasteiger partial charge on any atom is -0.465 e. The highest BCUT2D eigenvalue weighted by Gasteiger charge is 2.36. The summed E-state index contributed by atoms with van der Waals surface area (Å²) in [6.45, 7) is 5.40. The van der Waals surface area contributed by atoms with Crippen LogP contribution >= 0.6 is 0 Å². The summed E-state index contributed by atoms with van der Waals surface area (Å²) < 4.78 is 11.0. The van der Waals surface area contributed by atoms with Gasteiger partial charge >= 0.3 is 11.9 Å². The Hall–Kier alpha value is -1.32. The summed E-state index contributed by atoms with van der Waals surface area (Å²) in [6.07, 6.45) is 26.1. The van der Waals surface area contributed by atoms with Crippen LogP contribution < -0.4 is 0 Å². The minimum atomic E-state index is -0.389. The SMILES string of the molecule is CCCCCCCCCCCCCOC(=O)C1CC=CCC1C(=O)OCCCCCCCC. The van der Waals surface area contributed by atoms with E-state index in [1.54, 1.807) is 0 Å². The molecule has 0 aliphatic heterocycles. The molecule has 0 amide bonds. The van der Waals surface area contributed by atoms with Gasteiger partial charge in [-0.15, -0.1) is 0 Å². The first-order chi connectivity index (χ1) is 16.2. The van der Waals surface area contributed by atoms with Gasteiger partial charge in [-0.05, 0) is 25.7 Å². The second-order valence-corrected chi connectivity index (χ2v) is 9.79.